The number of benzene rings is 4. The van der Waals surface area contributed by atoms with Crippen molar-refractivity contribution < 1.29 is 24.1 Å². The summed E-state index contributed by atoms with van der Waals surface area (Å²) in [5, 5.41) is 19.0. The molecule has 4 aromatic carbocycles. The molecule has 1 heterocycles. The van der Waals surface area contributed by atoms with Crippen LogP contribution in [0, 0.1) is 0 Å². The number of hydrogen-bond acceptors (Lipinski definition) is 5. The molecule has 0 radical (unpaired) electrons. The summed E-state index contributed by atoms with van der Waals surface area (Å²) in [6.07, 6.45) is 0. The molecule has 0 aliphatic carbocycles. The molecule has 5 rings (SSSR count). The van der Waals surface area contributed by atoms with Crippen LogP contribution in [-0.2, 0) is 4.57 Å². The molecule has 0 aromatic heterocycles. The fourth-order valence-electron chi connectivity index (χ4n) is 3.22. The van der Waals surface area contributed by atoms with Gasteiger partial charge < -0.3 is 14.7 Å². The van der Waals surface area contributed by atoms with Crippen molar-refractivity contribution in [3.8, 4) is 28.4 Å². The summed E-state index contributed by atoms with van der Waals surface area (Å²) in [6.45, 7) is 0. The molecule has 0 bridgehead atoms. The molecule has 0 amide bonds. The predicted molar refractivity (Wildman–Crippen MR) is 121 cm³/mol. The molecular formula is C25H19O5P. The van der Waals surface area contributed by atoms with E-state index in [4.69, 9.17) is 14.7 Å². The van der Waals surface area contributed by atoms with Crippen molar-refractivity contribution in [1.29, 1.82) is 0 Å². The second-order valence-electron chi connectivity index (χ2n) is 6.85. The van der Waals surface area contributed by atoms with E-state index in [9.17, 15) is 9.36 Å². The van der Waals surface area contributed by atoms with Gasteiger partial charge in [0, 0.05) is 16.7 Å². The van der Waals surface area contributed by atoms with Crippen LogP contribution in [0.25, 0.3) is 11.1 Å². The molecule has 0 saturated carbocycles. The molecule has 1 unspecified atom stereocenters. The Kier molecular flexibility index (Phi) is 5.87. The van der Waals surface area contributed by atoms with Crippen LogP contribution in [0.5, 0.6) is 17.2 Å². The third kappa shape index (κ3) is 4.52. The highest BCUT2D eigenvalue weighted by molar-refractivity contribution is 7.49. The van der Waals surface area contributed by atoms with E-state index < -0.39 is 8.03 Å². The van der Waals surface area contributed by atoms with Crippen LogP contribution in [0.3, 0.4) is 0 Å². The Labute approximate surface area is 180 Å². The van der Waals surface area contributed by atoms with Gasteiger partial charge in [0.05, 0.1) is 5.30 Å². The van der Waals surface area contributed by atoms with E-state index in [1.165, 1.54) is 24.3 Å². The lowest BCUT2D eigenvalue weighted by Gasteiger charge is -2.19. The zero-order chi connectivity index (χ0) is 21.8. The second-order valence-corrected chi connectivity index (χ2v) is 8.17. The van der Waals surface area contributed by atoms with Crippen LogP contribution in [0.1, 0.15) is 15.9 Å². The fourth-order valence-corrected chi connectivity index (χ4v) is 4.38. The lowest BCUT2D eigenvalue weighted by atomic mass is 10.0. The summed E-state index contributed by atoms with van der Waals surface area (Å²) in [5.74, 6) is 0.838. The van der Waals surface area contributed by atoms with Gasteiger partial charge in [0.2, 0.25) is 0 Å². The molecule has 4 aromatic rings. The highest BCUT2D eigenvalue weighted by Crippen LogP contribution is 2.41. The summed E-state index contributed by atoms with van der Waals surface area (Å²) in [5.41, 5.74) is 3.06. The zero-order valence-corrected chi connectivity index (χ0v) is 17.4. The number of carbonyl (C=O) groups excluding carboxylic acids is 1. The topological polar surface area (TPSA) is 83.8 Å². The number of phenols is 2. The number of phenolic OH excluding ortho intramolecular Hbond substituents is 2. The molecule has 0 spiro atoms. The van der Waals surface area contributed by atoms with Gasteiger partial charge in [0.15, 0.2) is 5.78 Å². The second kappa shape index (κ2) is 8.90. The standard InChI is InChI=1S/C13H10O3.C12H9O2P/c14-11-5-1-9(2-6-11)13(16)10-3-7-12(15)8-4-10;13-15-12-8-4-2-6-10(12)9-5-1-3-7-11(9)14-15/h1-8,14-15H;1-8,15H. The summed E-state index contributed by atoms with van der Waals surface area (Å²) < 4.78 is 17.2. The minimum Gasteiger partial charge on any atom is -0.508 e. The van der Waals surface area contributed by atoms with Gasteiger partial charge in [-0.3, -0.25) is 9.36 Å². The monoisotopic (exact) mass is 430 g/mol. The van der Waals surface area contributed by atoms with E-state index in [2.05, 4.69) is 0 Å². The molecule has 1 aliphatic rings. The van der Waals surface area contributed by atoms with Crippen LogP contribution >= 0.6 is 8.03 Å². The Morgan fingerprint density at radius 1 is 0.645 bits per heavy atom. The molecule has 1 atom stereocenters. The quantitative estimate of drug-likeness (QED) is 0.338. The maximum absolute atomic E-state index is 11.9. The normalized spacial score (nSPS) is 13.6. The highest BCUT2D eigenvalue weighted by Gasteiger charge is 2.21. The molecule has 1 aliphatic heterocycles. The van der Waals surface area contributed by atoms with Crippen LogP contribution in [0.15, 0.2) is 97.1 Å². The minimum atomic E-state index is -2.11. The number of ketones is 1. The maximum atomic E-state index is 11.9. The van der Waals surface area contributed by atoms with Crippen LogP contribution in [0.2, 0.25) is 0 Å². The van der Waals surface area contributed by atoms with Crippen molar-refractivity contribution in [3.63, 3.8) is 0 Å². The molecule has 0 fully saturated rings. The number of fused-ring (bicyclic) bond motifs is 3. The van der Waals surface area contributed by atoms with Crippen molar-refractivity contribution in [3.05, 3.63) is 108 Å². The van der Waals surface area contributed by atoms with Crippen LogP contribution in [-0.4, -0.2) is 16.0 Å². The summed E-state index contributed by atoms with van der Waals surface area (Å²) in [7, 11) is -2.11. The SMILES string of the molecule is O=C(c1ccc(O)cc1)c1ccc(O)cc1.O=[PH]1Oc2ccccc2-c2ccccc21. The summed E-state index contributed by atoms with van der Waals surface area (Å²) in [4.78, 5) is 11.9. The van der Waals surface area contributed by atoms with E-state index in [-0.39, 0.29) is 17.3 Å². The molecule has 6 heteroatoms. The molecular weight excluding hydrogens is 411 g/mol. The lowest BCUT2D eigenvalue weighted by molar-refractivity contribution is 0.103. The van der Waals surface area contributed by atoms with Crippen molar-refractivity contribution in [2.75, 3.05) is 0 Å². The molecule has 0 saturated heterocycles. The van der Waals surface area contributed by atoms with Gasteiger partial charge >= 0.3 is 0 Å². The van der Waals surface area contributed by atoms with Gasteiger partial charge in [-0.1, -0.05) is 36.4 Å². The van der Waals surface area contributed by atoms with Crippen molar-refractivity contribution >= 4 is 19.1 Å². The Balaban J connectivity index is 0.000000149. The number of aromatic hydroxyl groups is 2. The van der Waals surface area contributed by atoms with E-state index in [0.717, 1.165) is 22.2 Å². The van der Waals surface area contributed by atoms with Crippen molar-refractivity contribution in [1.82, 2.24) is 0 Å². The van der Waals surface area contributed by atoms with Crippen LogP contribution in [0.4, 0.5) is 0 Å². The summed E-state index contributed by atoms with van der Waals surface area (Å²) >= 11 is 0. The first kappa shape index (κ1) is 20.5. The van der Waals surface area contributed by atoms with Gasteiger partial charge in [-0.25, -0.2) is 0 Å². The van der Waals surface area contributed by atoms with Gasteiger partial charge in [0.25, 0.3) is 8.03 Å². The van der Waals surface area contributed by atoms with Gasteiger partial charge in [0.1, 0.15) is 17.2 Å². The number of carbonyl (C=O) groups is 1. The first-order valence-corrected chi connectivity index (χ1v) is 10.9. The molecule has 31 heavy (non-hydrogen) atoms. The first-order chi connectivity index (χ1) is 15.0. The molecule has 154 valence electrons. The third-order valence-electron chi connectivity index (χ3n) is 4.79. The largest absolute Gasteiger partial charge is 0.508 e. The maximum Gasteiger partial charge on any atom is 0.266 e. The number of rotatable bonds is 2. The lowest BCUT2D eigenvalue weighted by Crippen LogP contribution is -2.09. The molecule has 5 nitrogen and oxygen atoms in total. The average Bonchev–Trinajstić information content (AvgIpc) is 2.80. The smallest absolute Gasteiger partial charge is 0.266 e. The van der Waals surface area contributed by atoms with Crippen molar-refractivity contribution in [2.45, 2.75) is 0 Å². The third-order valence-corrected chi connectivity index (χ3v) is 6.07. The Morgan fingerprint density at radius 3 is 1.71 bits per heavy atom. The average molecular weight is 430 g/mol. The Hall–Kier alpha value is -3.82. The minimum absolute atomic E-state index is 0.127. The van der Waals surface area contributed by atoms with Crippen molar-refractivity contribution in [2.24, 2.45) is 0 Å². The van der Waals surface area contributed by atoms with Gasteiger partial charge in [-0.2, -0.15) is 0 Å². The first-order valence-electron chi connectivity index (χ1n) is 9.56. The highest BCUT2D eigenvalue weighted by atomic mass is 31.1. The zero-order valence-electron chi connectivity index (χ0n) is 16.4. The Morgan fingerprint density at radius 2 is 1.13 bits per heavy atom. The van der Waals surface area contributed by atoms with Gasteiger partial charge in [-0.15, -0.1) is 0 Å². The summed E-state index contributed by atoms with van der Waals surface area (Å²) in [6, 6.07) is 27.5. The van der Waals surface area contributed by atoms with Crippen LogP contribution < -0.4 is 9.83 Å². The predicted octanol–water partition coefficient (Wildman–Crippen LogP) is 5.17. The molecule has 2 N–H and O–H groups in total. The number of hydrogen-bond donors (Lipinski definition) is 2. The van der Waals surface area contributed by atoms with E-state index in [1.807, 2.05) is 48.5 Å². The van der Waals surface area contributed by atoms with E-state index >= 15 is 0 Å². The van der Waals surface area contributed by atoms with E-state index in [1.54, 1.807) is 24.3 Å². The fraction of sp³-hybridized carbons (Fsp3) is 0. The Bertz CT molecular complexity index is 1200. The van der Waals surface area contributed by atoms with Gasteiger partial charge in [-0.05, 0) is 66.2 Å². The van der Waals surface area contributed by atoms with E-state index in [0.29, 0.717) is 11.1 Å². The number of para-hydroxylation sites is 1.